The van der Waals surface area contributed by atoms with Crippen molar-refractivity contribution in [3.8, 4) is 0 Å². The third-order valence-electron chi connectivity index (χ3n) is 4.30. The molecule has 0 saturated carbocycles. The predicted octanol–water partition coefficient (Wildman–Crippen LogP) is 2.45. The van der Waals surface area contributed by atoms with Crippen LogP contribution in [0.5, 0.6) is 0 Å². The van der Waals surface area contributed by atoms with Crippen LogP contribution in [0.1, 0.15) is 10.9 Å². The summed E-state index contributed by atoms with van der Waals surface area (Å²) in [5, 5.41) is 16.4. The normalized spacial score (nSPS) is 17.5. The molecule has 0 radical (unpaired) electrons. The minimum Gasteiger partial charge on any atom is -0.362 e. The summed E-state index contributed by atoms with van der Waals surface area (Å²) in [6, 6.07) is 7.43. The molecule has 0 unspecified atom stereocenters. The van der Waals surface area contributed by atoms with Crippen LogP contribution in [0.2, 0.25) is 0 Å². The van der Waals surface area contributed by atoms with Crippen molar-refractivity contribution in [2.45, 2.75) is 6.04 Å². The van der Waals surface area contributed by atoms with Crippen LogP contribution in [0.15, 0.2) is 35.8 Å². The number of nitrogens with one attached hydrogen (secondary N) is 1. The van der Waals surface area contributed by atoms with E-state index in [1.807, 2.05) is 6.07 Å². The lowest BCUT2D eigenvalue weighted by molar-refractivity contribution is -0.384. The SMILES string of the molecule is CN1CCN([C@H](CNc2ncccc2[N+](=O)[O-])c2cccs2)CC1. The van der Waals surface area contributed by atoms with Gasteiger partial charge in [0.15, 0.2) is 0 Å². The van der Waals surface area contributed by atoms with Gasteiger partial charge >= 0.3 is 5.69 Å². The van der Waals surface area contributed by atoms with Crippen molar-refractivity contribution in [2.75, 3.05) is 45.1 Å². The zero-order chi connectivity index (χ0) is 16.9. The number of likely N-dealkylation sites (N-methyl/N-ethyl adjacent to an activating group) is 1. The van der Waals surface area contributed by atoms with Crippen molar-refractivity contribution < 1.29 is 4.92 Å². The van der Waals surface area contributed by atoms with Gasteiger partial charge in [-0.25, -0.2) is 4.98 Å². The van der Waals surface area contributed by atoms with E-state index in [-0.39, 0.29) is 11.7 Å². The summed E-state index contributed by atoms with van der Waals surface area (Å²) in [4.78, 5) is 20.9. The molecule has 1 aliphatic rings. The number of anilines is 1. The molecule has 0 amide bonds. The van der Waals surface area contributed by atoms with E-state index in [2.05, 4.69) is 38.6 Å². The fourth-order valence-electron chi connectivity index (χ4n) is 2.90. The average molecular weight is 347 g/mol. The van der Waals surface area contributed by atoms with Crippen LogP contribution in [0.25, 0.3) is 0 Å². The Bertz CT molecular complexity index is 671. The minimum atomic E-state index is -0.397. The molecule has 7 nitrogen and oxygen atoms in total. The molecule has 0 aliphatic carbocycles. The van der Waals surface area contributed by atoms with Gasteiger partial charge < -0.3 is 10.2 Å². The van der Waals surface area contributed by atoms with Gasteiger partial charge in [0.25, 0.3) is 0 Å². The maximum atomic E-state index is 11.1. The Morgan fingerprint density at radius 3 is 2.79 bits per heavy atom. The Hall–Kier alpha value is -2.03. The number of thiophene rings is 1. The summed E-state index contributed by atoms with van der Waals surface area (Å²) in [6.07, 6.45) is 1.57. The predicted molar refractivity (Wildman–Crippen MR) is 95.5 cm³/mol. The number of rotatable bonds is 6. The van der Waals surface area contributed by atoms with Crippen LogP contribution in [-0.4, -0.2) is 59.5 Å². The molecule has 3 heterocycles. The van der Waals surface area contributed by atoms with Crippen LogP contribution in [0.3, 0.4) is 0 Å². The fourth-order valence-corrected chi connectivity index (χ4v) is 3.76. The third-order valence-corrected chi connectivity index (χ3v) is 5.27. The summed E-state index contributed by atoms with van der Waals surface area (Å²) in [7, 11) is 2.13. The van der Waals surface area contributed by atoms with E-state index in [0.717, 1.165) is 26.2 Å². The Labute approximate surface area is 145 Å². The van der Waals surface area contributed by atoms with Gasteiger partial charge in [-0.1, -0.05) is 6.07 Å². The van der Waals surface area contributed by atoms with E-state index in [9.17, 15) is 10.1 Å². The molecule has 24 heavy (non-hydrogen) atoms. The van der Waals surface area contributed by atoms with E-state index in [0.29, 0.717) is 12.4 Å². The number of hydrogen-bond acceptors (Lipinski definition) is 7. The van der Waals surface area contributed by atoms with E-state index in [4.69, 9.17) is 0 Å². The topological polar surface area (TPSA) is 74.5 Å². The maximum Gasteiger partial charge on any atom is 0.311 e. The second-order valence-corrected chi connectivity index (χ2v) is 6.86. The Balaban J connectivity index is 1.74. The first-order valence-electron chi connectivity index (χ1n) is 7.94. The zero-order valence-corrected chi connectivity index (χ0v) is 14.4. The molecule has 1 atom stereocenters. The smallest absolute Gasteiger partial charge is 0.311 e. The molecule has 0 spiro atoms. The number of nitrogens with zero attached hydrogens (tertiary/aromatic N) is 4. The van der Waals surface area contributed by atoms with Gasteiger partial charge in [-0.15, -0.1) is 11.3 Å². The Kier molecular flexibility index (Phi) is 5.39. The highest BCUT2D eigenvalue weighted by Gasteiger charge is 2.25. The van der Waals surface area contributed by atoms with Gasteiger partial charge in [-0.05, 0) is 24.6 Å². The van der Waals surface area contributed by atoms with Crippen molar-refractivity contribution >= 4 is 22.8 Å². The van der Waals surface area contributed by atoms with Crippen molar-refractivity contribution in [3.63, 3.8) is 0 Å². The van der Waals surface area contributed by atoms with E-state index in [1.54, 1.807) is 23.6 Å². The van der Waals surface area contributed by atoms with Gasteiger partial charge in [0.1, 0.15) is 0 Å². The average Bonchev–Trinajstić information content (AvgIpc) is 3.11. The summed E-state index contributed by atoms with van der Waals surface area (Å²) in [5.74, 6) is 0.332. The molecule has 3 rings (SSSR count). The number of hydrogen-bond donors (Lipinski definition) is 1. The summed E-state index contributed by atoms with van der Waals surface area (Å²) < 4.78 is 0. The van der Waals surface area contributed by atoms with Gasteiger partial charge in [-0.2, -0.15) is 0 Å². The third kappa shape index (κ3) is 3.89. The molecular formula is C16H21N5O2S. The molecular weight excluding hydrogens is 326 g/mol. The Morgan fingerprint density at radius 1 is 1.33 bits per heavy atom. The molecule has 8 heteroatoms. The highest BCUT2D eigenvalue weighted by Crippen LogP contribution is 2.28. The van der Waals surface area contributed by atoms with Gasteiger partial charge in [0.05, 0.1) is 11.0 Å². The molecule has 128 valence electrons. The van der Waals surface area contributed by atoms with E-state index < -0.39 is 4.92 Å². The number of piperazine rings is 1. The van der Waals surface area contributed by atoms with Gasteiger partial charge in [0, 0.05) is 49.9 Å². The molecule has 1 N–H and O–H groups in total. The first-order chi connectivity index (χ1) is 11.6. The standard InChI is InChI=1S/C16H21N5O2S/c1-19-7-9-20(10-8-19)14(15-5-3-11-24-15)12-18-16-13(21(22)23)4-2-6-17-16/h2-6,11,14H,7-10,12H2,1H3,(H,17,18)/t14-/m1/s1. The molecule has 1 saturated heterocycles. The lowest BCUT2D eigenvalue weighted by atomic mass is 10.1. The second-order valence-electron chi connectivity index (χ2n) is 5.88. The van der Waals surface area contributed by atoms with Gasteiger partial charge in [-0.3, -0.25) is 15.0 Å². The maximum absolute atomic E-state index is 11.1. The summed E-state index contributed by atoms with van der Waals surface area (Å²) in [6.45, 7) is 4.65. The molecule has 0 aromatic carbocycles. The number of nitro groups is 1. The van der Waals surface area contributed by atoms with Crippen LogP contribution < -0.4 is 5.32 Å². The van der Waals surface area contributed by atoms with Crippen LogP contribution >= 0.6 is 11.3 Å². The van der Waals surface area contributed by atoms with Crippen molar-refractivity contribution in [3.05, 3.63) is 50.8 Å². The van der Waals surface area contributed by atoms with E-state index >= 15 is 0 Å². The first kappa shape index (κ1) is 16.8. The highest BCUT2D eigenvalue weighted by molar-refractivity contribution is 7.10. The summed E-state index contributed by atoms with van der Waals surface area (Å²) >= 11 is 1.72. The zero-order valence-electron chi connectivity index (χ0n) is 13.6. The van der Waals surface area contributed by atoms with Crippen LogP contribution in [0, 0.1) is 10.1 Å². The van der Waals surface area contributed by atoms with E-state index in [1.165, 1.54) is 10.9 Å². The van der Waals surface area contributed by atoms with Crippen LogP contribution in [-0.2, 0) is 0 Å². The Morgan fingerprint density at radius 2 is 2.12 bits per heavy atom. The first-order valence-corrected chi connectivity index (χ1v) is 8.82. The number of aromatic nitrogens is 1. The molecule has 1 fully saturated rings. The van der Waals surface area contributed by atoms with Crippen LogP contribution in [0.4, 0.5) is 11.5 Å². The molecule has 1 aliphatic heterocycles. The second kappa shape index (κ2) is 7.69. The quantitative estimate of drug-likeness (QED) is 0.639. The van der Waals surface area contributed by atoms with Crippen molar-refractivity contribution in [1.29, 1.82) is 0 Å². The van der Waals surface area contributed by atoms with Gasteiger partial charge in [0.2, 0.25) is 5.82 Å². The number of pyridine rings is 1. The van der Waals surface area contributed by atoms with Crippen molar-refractivity contribution in [2.24, 2.45) is 0 Å². The minimum absolute atomic E-state index is 0.0146. The molecule has 0 bridgehead atoms. The summed E-state index contributed by atoms with van der Waals surface area (Å²) in [5.41, 5.74) is 0.0146. The molecule has 2 aromatic heterocycles. The molecule has 2 aromatic rings. The fraction of sp³-hybridized carbons (Fsp3) is 0.438. The lowest BCUT2D eigenvalue weighted by Crippen LogP contribution is -2.47. The highest BCUT2D eigenvalue weighted by atomic mass is 32.1. The largest absolute Gasteiger partial charge is 0.362 e. The van der Waals surface area contributed by atoms with Crippen molar-refractivity contribution in [1.82, 2.24) is 14.8 Å². The monoisotopic (exact) mass is 347 g/mol. The lowest BCUT2D eigenvalue weighted by Gasteiger charge is -2.37.